The molecule has 1 fully saturated rings. The molecule has 0 unspecified atom stereocenters. The zero-order chi connectivity index (χ0) is 19.2. The smallest absolute Gasteiger partial charge is 0.251 e. The number of hydrogen-bond acceptors (Lipinski definition) is 6. The highest BCUT2D eigenvalue weighted by atomic mass is 16.5. The summed E-state index contributed by atoms with van der Waals surface area (Å²) in [5, 5.41) is 0. The van der Waals surface area contributed by atoms with E-state index in [9.17, 15) is 4.79 Å². The first-order valence-electron chi connectivity index (χ1n) is 9.16. The molecule has 1 aliphatic rings. The van der Waals surface area contributed by atoms with Crippen LogP contribution in [-0.4, -0.2) is 49.3 Å². The first-order valence-corrected chi connectivity index (χ1v) is 9.16. The number of H-pyrrole nitrogens is 1. The lowest BCUT2D eigenvalue weighted by molar-refractivity contribution is 0.178. The number of aromatic nitrogens is 2. The largest absolute Gasteiger partial charge is 0.493 e. The number of rotatable bonds is 7. The van der Waals surface area contributed by atoms with E-state index in [0.29, 0.717) is 12.3 Å². The third kappa shape index (κ3) is 4.67. The topological polar surface area (TPSA) is 76.7 Å². The number of para-hydroxylation sites is 1. The molecule has 1 aromatic carbocycles. The number of nitrogens with zero attached hydrogens (tertiary/aromatic N) is 2. The van der Waals surface area contributed by atoms with E-state index in [2.05, 4.69) is 20.9 Å². The van der Waals surface area contributed by atoms with Crippen molar-refractivity contribution in [1.29, 1.82) is 0 Å². The van der Waals surface area contributed by atoms with Crippen LogP contribution in [0, 0.1) is 0 Å². The van der Waals surface area contributed by atoms with Gasteiger partial charge in [0.25, 0.3) is 5.56 Å². The molecule has 0 aliphatic carbocycles. The van der Waals surface area contributed by atoms with Crippen molar-refractivity contribution in [2.75, 3.05) is 34.4 Å². The number of aromatic amines is 1. The molecule has 2 aromatic rings. The molecule has 0 saturated carbocycles. The van der Waals surface area contributed by atoms with Crippen LogP contribution < -0.4 is 15.0 Å². The van der Waals surface area contributed by atoms with E-state index in [1.54, 1.807) is 21.3 Å². The Labute approximate surface area is 159 Å². The summed E-state index contributed by atoms with van der Waals surface area (Å²) in [5.41, 5.74) is 1.63. The van der Waals surface area contributed by atoms with Gasteiger partial charge in [-0.15, -0.1) is 0 Å². The van der Waals surface area contributed by atoms with Crippen molar-refractivity contribution in [2.45, 2.75) is 31.9 Å². The average Bonchev–Trinajstić information content (AvgIpc) is 2.68. The summed E-state index contributed by atoms with van der Waals surface area (Å²) in [6.45, 7) is 2.94. The molecule has 7 nitrogen and oxygen atoms in total. The van der Waals surface area contributed by atoms with E-state index in [1.807, 2.05) is 12.1 Å². The minimum Gasteiger partial charge on any atom is -0.493 e. The molecular weight excluding hydrogens is 346 g/mol. The lowest BCUT2D eigenvalue weighted by atomic mass is 9.96. The molecule has 3 rings (SSSR count). The second kappa shape index (κ2) is 9.01. The molecule has 0 amide bonds. The molecule has 2 heterocycles. The maximum atomic E-state index is 12.0. The van der Waals surface area contributed by atoms with Crippen molar-refractivity contribution < 1.29 is 14.2 Å². The number of nitrogens with one attached hydrogen (secondary N) is 1. The minimum atomic E-state index is -0.126. The quantitative estimate of drug-likeness (QED) is 0.803. The monoisotopic (exact) mass is 373 g/mol. The normalized spacial score (nSPS) is 17.7. The highest BCUT2D eigenvalue weighted by Gasteiger charge is 2.24. The highest BCUT2D eigenvalue weighted by Crippen LogP contribution is 2.33. The Morgan fingerprint density at radius 1 is 1.26 bits per heavy atom. The lowest BCUT2D eigenvalue weighted by Crippen LogP contribution is -2.35. The molecule has 0 spiro atoms. The van der Waals surface area contributed by atoms with Crippen LogP contribution in [-0.2, 0) is 17.9 Å². The summed E-state index contributed by atoms with van der Waals surface area (Å²) >= 11 is 0. The number of hydrogen-bond donors (Lipinski definition) is 1. The van der Waals surface area contributed by atoms with Crippen LogP contribution in [0.15, 0.2) is 29.1 Å². The van der Waals surface area contributed by atoms with Gasteiger partial charge in [-0.25, -0.2) is 4.98 Å². The van der Waals surface area contributed by atoms with Crippen LogP contribution in [0.1, 0.15) is 35.8 Å². The van der Waals surface area contributed by atoms with Gasteiger partial charge in [-0.1, -0.05) is 12.1 Å². The number of methoxy groups -OCH3 is 3. The maximum Gasteiger partial charge on any atom is 0.251 e. The Balaban J connectivity index is 1.76. The highest BCUT2D eigenvalue weighted by molar-refractivity contribution is 5.46. The lowest BCUT2D eigenvalue weighted by Gasteiger charge is -2.32. The fourth-order valence-electron chi connectivity index (χ4n) is 3.69. The molecule has 1 aromatic heterocycles. The van der Waals surface area contributed by atoms with E-state index >= 15 is 0 Å². The Kier molecular flexibility index (Phi) is 6.47. The second-order valence-corrected chi connectivity index (χ2v) is 6.78. The number of piperidine rings is 1. The standard InChI is InChI=1S/C20H27N3O4/c1-25-13-16-10-18(24)22-20(21-16)15-7-5-9-23(12-15)11-14-6-4-8-17(26-2)19(14)27-3/h4,6,8,10,15H,5,7,9,11-13H2,1-3H3,(H,21,22,24)/t15-/m0/s1. The van der Waals surface area contributed by atoms with E-state index < -0.39 is 0 Å². The minimum absolute atomic E-state index is 0.126. The van der Waals surface area contributed by atoms with Gasteiger partial charge in [0.05, 0.1) is 26.5 Å². The summed E-state index contributed by atoms with van der Waals surface area (Å²) in [7, 11) is 4.91. The fourth-order valence-corrected chi connectivity index (χ4v) is 3.69. The van der Waals surface area contributed by atoms with Gasteiger partial charge in [0.1, 0.15) is 5.82 Å². The predicted octanol–water partition coefficient (Wildman–Crippen LogP) is 2.31. The summed E-state index contributed by atoms with van der Waals surface area (Å²) in [5.74, 6) is 2.45. The van der Waals surface area contributed by atoms with Gasteiger partial charge in [0, 0.05) is 37.7 Å². The Hall–Kier alpha value is -2.38. The van der Waals surface area contributed by atoms with Gasteiger partial charge in [-0.3, -0.25) is 9.69 Å². The molecule has 0 radical (unpaired) electrons. The molecule has 7 heteroatoms. The predicted molar refractivity (Wildman–Crippen MR) is 102 cm³/mol. The van der Waals surface area contributed by atoms with Crippen molar-refractivity contribution in [3.05, 3.63) is 51.7 Å². The Morgan fingerprint density at radius 2 is 2.11 bits per heavy atom. The first-order chi connectivity index (χ1) is 13.1. The van der Waals surface area contributed by atoms with Crippen molar-refractivity contribution in [3.63, 3.8) is 0 Å². The fraction of sp³-hybridized carbons (Fsp3) is 0.500. The molecule has 1 saturated heterocycles. The first kappa shape index (κ1) is 19.4. The SMILES string of the molecule is COCc1cc(=O)[nH]c([C@H]2CCCN(Cc3cccc(OC)c3OC)C2)n1. The third-order valence-electron chi connectivity index (χ3n) is 4.88. The van der Waals surface area contributed by atoms with E-state index in [4.69, 9.17) is 14.2 Å². The number of benzene rings is 1. The van der Waals surface area contributed by atoms with Gasteiger partial charge in [-0.2, -0.15) is 0 Å². The van der Waals surface area contributed by atoms with E-state index in [0.717, 1.165) is 55.4 Å². The van der Waals surface area contributed by atoms with E-state index in [1.165, 1.54) is 6.07 Å². The van der Waals surface area contributed by atoms with Crippen molar-refractivity contribution in [2.24, 2.45) is 0 Å². The van der Waals surface area contributed by atoms with Crippen LogP contribution in [0.3, 0.4) is 0 Å². The van der Waals surface area contributed by atoms with Crippen LogP contribution >= 0.6 is 0 Å². The van der Waals surface area contributed by atoms with Crippen molar-refractivity contribution >= 4 is 0 Å². The zero-order valence-corrected chi connectivity index (χ0v) is 16.2. The van der Waals surface area contributed by atoms with Crippen LogP contribution in [0.4, 0.5) is 0 Å². The molecule has 27 heavy (non-hydrogen) atoms. The van der Waals surface area contributed by atoms with Crippen molar-refractivity contribution in [3.8, 4) is 11.5 Å². The van der Waals surface area contributed by atoms with Crippen LogP contribution in [0.25, 0.3) is 0 Å². The van der Waals surface area contributed by atoms with Gasteiger partial charge in [0.15, 0.2) is 11.5 Å². The summed E-state index contributed by atoms with van der Waals surface area (Å²) < 4.78 is 16.1. The Bertz CT molecular complexity index is 821. The number of likely N-dealkylation sites (tertiary alicyclic amines) is 1. The van der Waals surface area contributed by atoms with Crippen molar-refractivity contribution in [1.82, 2.24) is 14.9 Å². The van der Waals surface area contributed by atoms with Gasteiger partial charge in [0.2, 0.25) is 0 Å². The van der Waals surface area contributed by atoms with Gasteiger partial charge in [-0.05, 0) is 25.5 Å². The maximum absolute atomic E-state index is 12.0. The zero-order valence-electron chi connectivity index (χ0n) is 16.2. The molecule has 0 bridgehead atoms. The number of ether oxygens (including phenoxy) is 3. The molecule has 1 atom stereocenters. The Morgan fingerprint density at radius 3 is 2.85 bits per heavy atom. The summed E-state index contributed by atoms with van der Waals surface area (Å²) in [6, 6.07) is 7.43. The van der Waals surface area contributed by atoms with Crippen LogP contribution in [0.2, 0.25) is 0 Å². The molecular formula is C20H27N3O4. The summed E-state index contributed by atoms with van der Waals surface area (Å²) in [6.07, 6.45) is 2.06. The van der Waals surface area contributed by atoms with Gasteiger partial charge >= 0.3 is 0 Å². The second-order valence-electron chi connectivity index (χ2n) is 6.78. The third-order valence-corrected chi connectivity index (χ3v) is 4.88. The van der Waals surface area contributed by atoms with Crippen LogP contribution in [0.5, 0.6) is 11.5 Å². The molecule has 1 aliphatic heterocycles. The van der Waals surface area contributed by atoms with E-state index in [-0.39, 0.29) is 11.5 Å². The molecule has 146 valence electrons. The van der Waals surface area contributed by atoms with Gasteiger partial charge < -0.3 is 19.2 Å². The molecule has 1 N–H and O–H groups in total. The summed E-state index contributed by atoms with van der Waals surface area (Å²) in [4.78, 5) is 21.8. The average molecular weight is 373 g/mol.